The van der Waals surface area contributed by atoms with Crippen LogP contribution >= 0.6 is 34.4 Å². The van der Waals surface area contributed by atoms with Crippen LogP contribution in [0.2, 0.25) is 0 Å². The number of aromatic amines is 1. The van der Waals surface area contributed by atoms with Gasteiger partial charge in [0.15, 0.2) is 0 Å². The van der Waals surface area contributed by atoms with Crippen LogP contribution in [0.25, 0.3) is 12.2 Å². The molecule has 0 saturated heterocycles. The van der Waals surface area contributed by atoms with Crippen LogP contribution in [-0.2, 0) is 4.79 Å². The molecule has 5 nitrogen and oxygen atoms in total. The molecular weight excluding hydrogens is 466 g/mol. The average Bonchev–Trinajstić information content (AvgIpc) is 3.09. The Labute approximate surface area is 167 Å². The van der Waals surface area contributed by atoms with Gasteiger partial charge >= 0.3 is 0 Å². The fourth-order valence-electron chi connectivity index (χ4n) is 2.01. The lowest BCUT2D eigenvalue weighted by Gasteiger charge is -2.03. The van der Waals surface area contributed by atoms with Gasteiger partial charge < -0.3 is 5.32 Å². The number of rotatable bonds is 6. The summed E-state index contributed by atoms with van der Waals surface area (Å²) < 4.78 is 14.0. The van der Waals surface area contributed by atoms with Gasteiger partial charge in [-0.15, -0.1) is 5.10 Å². The Morgan fingerprint density at radius 3 is 2.62 bits per heavy atom. The first-order valence-corrected chi connectivity index (χ1v) is 9.69. The second-order valence-electron chi connectivity index (χ2n) is 5.23. The van der Waals surface area contributed by atoms with Gasteiger partial charge in [-0.3, -0.25) is 9.89 Å². The minimum absolute atomic E-state index is 0.121. The highest BCUT2D eigenvalue weighted by atomic mass is 127. The maximum absolute atomic E-state index is 12.9. The highest BCUT2D eigenvalue weighted by molar-refractivity contribution is 14.1. The summed E-state index contributed by atoms with van der Waals surface area (Å²) in [6.45, 7) is 0. The zero-order chi connectivity index (χ0) is 18.4. The molecule has 0 aliphatic rings. The number of thioether (sulfide) groups is 1. The number of nitrogens with zero attached hydrogens (tertiary/aromatic N) is 2. The molecule has 0 unspecified atom stereocenters. The van der Waals surface area contributed by atoms with Gasteiger partial charge in [0, 0.05) is 9.26 Å². The number of hydrogen-bond donors (Lipinski definition) is 2. The molecule has 0 radical (unpaired) electrons. The Morgan fingerprint density at radius 2 is 1.88 bits per heavy atom. The van der Waals surface area contributed by atoms with Crippen LogP contribution in [0.4, 0.5) is 10.1 Å². The third-order valence-electron chi connectivity index (χ3n) is 3.25. The van der Waals surface area contributed by atoms with Crippen LogP contribution in [0.1, 0.15) is 11.4 Å². The van der Waals surface area contributed by atoms with Crippen molar-refractivity contribution < 1.29 is 9.18 Å². The number of hydrogen-bond acceptors (Lipinski definition) is 4. The molecule has 0 atom stereocenters. The lowest BCUT2D eigenvalue weighted by atomic mass is 10.2. The maximum Gasteiger partial charge on any atom is 0.234 e. The van der Waals surface area contributed by atoms with Crippen molar-refractivity contribution in [3.8, 4) is 0 Å². The van der Waals surface area contributed by atoms with E-state index in [-0.39, 0.29) is 17.5 Å². The number of anilines is 1. The van der Waals surface area contributed by atoms with Gasteiger partial charge in [0.05, 0.1) is 5.75 Å². The van der Waals surface area contributed by atoms with Crippen molar-refractivity contribution in [1.82, 2.24) is 15.2 Å². The summed E-state index contributed by atoms with van der Waals surface area (Å²) in [7, 11) is 0. The largest absolute Gasteiger partial charge is 0.325 e. The molecule has 2 aromatic carbocycles. The van der Waals surface area contributed by atoms with Crippen molar-refractivity contribution >= 4 is 58.1 Å². The predicted octanol–water partition coefficient (Wildman–Crippen LogP) is 4.45. The third-order valence-corrected chi connectivity index (χ3v) is 4.81. The minimum atomic E-state index is -0.274. The van der Waals surface area contributed by atoms with E-state index >= 15 is 0 Å². The second-order valence-corrected chi connectivity index (χ2v) is 7.42. The number of H-pyrrole nitrogens is 1. The first-order valence-electron chi connectivity index (χ1n) is 7.63. The van der Waals surface area contributed by atoms with Gasteiger partial charge in [-0.05, 0) is 70.6 Å². The Bertz CT molecular complexity index is 910. The Hall–Kier alpha value is -2.20. The standard InChI is InChI=1S/C18H14FIN4OS/c19-13-4-1-12(2-5-13)3-10-16-22-18(24-23-16)26-11-17(25)21-15-8-6-14(20)7-9-15/h1-10H,11H2,(H,21,25)(H,22,23,24)/b10-3+. The number of benzene rings is 2. The third kappa shape index (κ3) is 5.67. The topological polar surface area (TPSA) is 70.7 Å². The highest BCUT2D eigenvalue weighted by Gasteiger charge is 2.07. The van der Waals surface area contributed by atoms with E-state index < -0.39 is 0 Å². The van der Waals surface area contributed by atoms with Crippen molar-refractivity contribution in [2.24, 2.45) is 0 Å². The van der Waals surface area contributed by atoms with Gasteiger partial charge in [0.25, 0.3) is 0 Å². The fourth-order valence-corrected chi connectivity index (χ4v) is 2.97. The van der Waals surface area contributed by atoms with E-state index in [1.54, 1.807) is 24.3 Å². The van der Waals surface area contributed by atoms with Gasteiger partial charge in [0.1, 0.15) is 11.6 Å². The molecule has 3 aromatic rings. The normalized spacial score (nSPS) is 11.0. The zero-order valence-corrected chi connectivity index (χ0v) is 16.4. The van der Waals surface area contributed by atoms with E-state index in [2.05, 4.69) is 43.1 Å². The quantitative estimate of drug-likeness (QED) is 0.404. The zero-order valence-electron chi connectivity index (χ0n) is 13.4. The summed E-state index contributed by atoms with van der Waals surface area (Å²) in [6, 6.07) is 13.7. The van der Waals surface area contributed by atoms with E-state index in [1.807, 2.05) is 24.3 Å². The van der Waals surface area contributed by atoms with E-state index in [1.165, 1.54) is 23.9 Å². The summed E-state index contributed by atoms with van der Waals surface area (Å²) in [5.41, 5.74) is 1.61. The Morgan fingerprint density at radius 1 is 1.15 bits per heavy atom. The fraction of sp³-hybridized carbons (Fsp3) is 0.0556. The van der Waals surface area contributed by atoms with Crippen LogP contribution in [0.15, 0.2) is 53.7 Å². The molecule has 0 spiro atoms. The summed E-state index contributed by atoms with van der Waals surface area (Å²) in [5.74, 6) is 0.383. The lowest BCUT2D eigenvalue weighted by molar-refractivity contribution is -0.113. The van der Waals surface area contributed by atoms with Crippen LogP contribution in [0.5, 0.6) is 0 Å². The molecule has 8 heteroatoms. The Kier molecular flexibility index (Phi) is 6.40. The van der Waals surface area contributed by atoms with Crippen LogP contribution in [0, 0.1) is 9.39 Å². The molecule has 0 fully saturated rings. The number of amides is 1. The first-order chi connectivity index (χ1) is 12.6. The molecule has 0 aliphatic carbocycles. The van der Waals surface area contributed by atoms with Crippen LogP contribution < -0.4 is 5.32 Å². The summed E-state index contributed by atoms with van der Waals surface area (Å²) in [6.07, 6.45) is 3.55. The number of aromatic nitrogens is 3. The maximum atomic E-state index is 12.9. The van der Waals surface area contributed by atoms with Gasteiger partial charge in [-0.1, -0.05) is 30.0 Å². The molecule has 0 aliphatic heterocycles. The summed E-state index contributed by atoms with van der Waals surface area (Å²) in [4.78, 5) is 16.3. The molecule has 3 rings (SSSR count). The average molecular weight is 480 g/mol. The van der Waals surface area contributed by atoms with E-state index in [0.717, 1.165) is 14.8 Å². The molecule has 1 heterocycles. The van der Waals surface area contributed by atoms with Crippen LogP contribution in [0.3, 0.4) is 0 Å². The number of nitrogens with one attached hydrogen (secondary N) is 2. The summed E-state index contributed by atoms with van der Waals surface area (Å²) in [5, 5.41) is 10.2. The van der Waals surface area contributed by atoms with E-state index in [0.29, 0.717) is 11.0 Å². The number of carbonyl (C=O) groups is 1. The monoisotopic (exact) mass is 480 g/mol. The molecule has 0 bridgehead atoms. The molecule has 132 valence electrons. The summed E-state index contributed by atoms with van der Waals surface area (Å²) >= 11 is 3.45. The molecule has 0 saturated carbocycles. The number of halogens is 2. The first kappa shape index (κ1) is 18.6. The minimum Gasteiger partial charge on any atom is -0.325 e. The second kappa shape index (κ2) is 8.95. The molecule has 2 N–H and O–H groups in total. The van der Waals surface area contributed by atoms with Crippen molar-refractivity contribution in [2.75, 3.05) is 11.1 Å². The van der Waals surface area contributed by atoms with Crippen molar-refractivity contribution in [3.63, 3.8) is 0 Å². The molecular formula is C18H14FIN4OS. The van der Waals surface area contributed by atoms with Crippen molar-refractivity contribution in [2.45, 2.75) is 5.16 Å². The van der Waals surface area contributed by atoms with Gasteiger partial charge in [0.2, 0.25) is 11.1 Å². The lowest BCUT2D eigenvalue weighted by Crippen LogP contribution is -2.14. The molecule has 1 amide bonds. The van der Waals surface area contributed by atoms with Crippen LogP contribution in [-0.4, -0.2) is 26.8 Å². The smallest absolute Gasteiger partial charge is 0.234 e. The van der Waals surface area contributed by atoms with E-state index in [9.17, 15) is 9.18 Å². The van der Waals surface area contributed by atoms with Gasteiger partial charge in [-0.25, -0.2) is 9.37 Å². The van der Waals surface area contributed by atoms with E-state index in [4.69, 9.17) is 0 Å². The van der Waals surface area contributed by atoms with Crippen molar-refractivity contribution in [1.29, 1.82) is 0 Å². The molecule has 26 heavy (non-hydrogen) atoms. The van der Waals surface area contributed by atoms with Crippen molar-refractivity contribution in [3.05, 3.63) is 69.3 Å². The predicted molar refractivity (Wildman–Crippen MR) is 110 cm³/mol. The van der Waals surface area contributed by atoms with Gasteiger partial charge in [-0.2, -0.15) is 0 Å². The SMILES string of the molecule is O=C(CSc1n[nH]c(/C=C/c2ccc(F)cc2)n1)Nc1ccc(I)cc1. The highest BCUT2D eigenvalue weighted by Crippen LogP contribution is 2.15. The Balaban J connectivity index is 1.50. The molecule has 1 aromatic heterocycles. The number of carbonyl (C=O) groups excluding carboxylic acids is 1.